The SMILES string of the molecule is COc1nc2ccccc2cc1/C=N/Nc1ccc([N+](=O)[O-])cc1[N+](=O)[O-]. The summed E-state index contributed by atoms with van der Waals surface area (Å²) in [5, 5.41) is 26.8. The Bertz CT molecular complexity index is 1070. The van der Waals surface area contributed by atoms with Crippen molar-refractivity contribution < 1.29 is 14.6 Å². The summed E-state index contributed by atoms with van der Waals surface area (Å²) < 4.78 is 5.25. The van der Waals surface area contributed by atoms with Crippen LogP contribution >= 0.6 is 0 Å². The summed E-state index contributed by atoms with van der Waals surface area (Å²) in [5.74, 6) is 0.345. The predicted octanol–water partition coefficient (Wildman–Crippen LogP) is 3.51. The zero-order valence-corrected chi connectivity index (χ0v) is 14.0. The highest BCUT2D eigenvalue weighted by molar-refractivity contribution is 5.91. The van der Waals surface area contributed by atoms with E-state index in [0.29, 0.717) is 11.4 Å². The van der Waals surface area contributed by atoms with Gasteiger partial charge in [-0.2, -0.15) is 5.10 Å². The number of hydrogen-bond acceptors (Lipinski definition) is 8. The molecular formula is C17H13N5O5. The van der Waals surface area contributed by atoms with Crippen molar-refractivity contribution in [3.63, 3.8) is 0 Å². The van der Waals surface area contributed by atoms with Gasteiger partial charge in [-0.1, -0.05) is 18.2 Å². The topological polar surface area (TPSA) is 133 Å². The van der Waals surface area contributed by atoms with Crippen LogP contribution in [0.1, 0.15) is 5.56 Å². The van der Waals surface area contributed by atoms with Crippen LogP contribution in [0.4, 0.5) is 17.1 Å². The van der Waals surface area contributed by atoms with Gasteiger partial charge >= 0.3 is 5.69 Å². The molecule has 0 bridgehead atoms. The number of hydrazone groups is 1. The van der Waals surface area contributed by atoms with Crippen LogP contribution in [0.15, 0.2) is 53.6 Å². The maximum atomic E-state index is 11.1. The lowest BCUT2D eigenvalue weighted by Crippen LogP contribution is -2.00. The van der Waals surface area contributed by atoms with E-state index in [1.807, 2.05) is 30.3 Å². The molecule has 1 N–H and O–H groups in total. The number of ether oxygens (including phenoxy) is 1. The van der Waals surface area contributed by atoms with E-state index >= 15 is 0 Å². The van der Waals surface area contributed by atoms with E-state index in [1.165, 1.54) is 19.4 Å². The molecule has 10 heteroatoms. The van der Waals surface area contributed by atoms with Gasteiger partial charge in [0.25, 0.3) is 5.69 Å². The number of rotatable bonds is 6. The first kappa shape index (κ1) is 17.7. The van der Waals surface area contributed by atoms with Crippen LogP contribution < -0.4 is 10.2 Å². The van der Waals surface area contributed by atoms with Crippen molar-refractivity contribution in [2.75, 3.05) is 12.5 Å². The number of anilines is 1. The molecule has 0 amide bonds. The fourth-order valence-corrected chi connectivity index (χ4v) is 2.42. The van der Waals surface area contributed by atoms with Gasteiger partial charge in [0.05, 0.1) is 40.3 Å². The van der Waals surface area contributed by atoms with Gasteiger partial charge in [-0.25, -0.2) is 4.98 Å². The van der Waals surface area contributed by atoms with E-state index in [1.54, 1.807) is 0 Å². The highest BCUT2D eigenvalue weighted by Gasteiger charge is 2.19. The number of aromatic nitrogens is 1. The summed E-state index contributed by atoms with van der Waals surface area (Å²) in [6, 6.07) is 12.5. The smallest absolute Gasteiger partial charge is 0.301 e. The normalized spacial score (nSPS) is 10.9. The fraction of sp³-hybridized carbons (Fsp3) is 0.0588. The molecule has 27 heavy (non-hydrogen) atoms. The van der Waals surface area contributed by atoms with Crippen molar-refractivity contribution >= 4 is 34.2 Å². The summed E-state index contributed by atoms with van der Waals surface area (Å²) >= 11 is 0. The summed E-state index contributed by atoms with van der Waals surface area (Å²) in [7, 11) is 1.48. The largest absolute Gasteiger partial charge is 0.481 e. The second-order valence-corrected chi connectivity index (χ2v) is 5.37. The van der Waals surface area contributed by atoms with Gasteiger partial charge in [0, 0.05) is 11.5 Å². The Morgan fingerprint density at radius 1 is 1.11 bits per heavy atom. The molecular weight excluding hydrogens is 354 g/mol. The van der Waals surface area contributed by atoms with E-state index in [9.17, 15) is 20.2 Å². The predicted molar refractivity (Wildman–Crippen MR) is 99.3 cm³/mol. The Hall–Kier alpha value is -4.08. The van der Waals surface area contributed by atoms with Gasteiger partial charge in [0.15, 0.2) is 0 Å². The first-order chi connectivity index (χ1) is 13.0. The minimum atomic E-state index is -0.719. The molecule has 10 nitrogen and oxygen atoms in total. The van der Waals surface area contributed by atoms with E-state index in [0.717, 1.165) is 23.0 Å². The second-order valence-electron chi connectivity index (χ2n) is 5.37. The third-order valence-corrected chi connectivity index (χ3v) is 3.69. The van der Waals surface area contributed by atoms with Crippen LogP contribution in [0.2, 0.25) is 0 Å². The number of nitrogens with one attached hydrogen (secondary N) is 1. The van der Waals surface area contributed by atoms with Crippen LogP contribution in [0.5, 0.6) is 5.88 Å². The molecule has 1 aromatic heterocycles. The maximum Gasteiger partial charge on any atom is 0.301 e. The lowest BCUT2D eigenvalue weighted by molar-refractivity contribution is -0.393. The number of benzene rings is 2. The molecule has 0 radical (unpaired) electrons. The summed E-state index contributed by atoms with van der Waals surface area (Å²) in [4.78, 5) is 24.9. The molecule has 0 saturated heterocycles. The van der Waals surface area contributed by atoms with Crippen LogP contribution in [0.25, 0.3) is 10.9 Å². The number of nitrogens with zero attached hydrogens (tertiary/aromatic N) is 4. The van der Waals surface area contributed by atoms with Gasteiger partial charge in [0.2, 0.25) is 5.88 Å². The molecule has 3 rings (SSSR count). The lowest BCUT2D eigenvalue weighted by Gasteiger charge is -2.06. The number of non-ortho nitro benzene ring substituents is 1. The molecule has 1 heterocycles. The Kier molecular flexibility index (Phi) is 4.88. The highest BCUT2D eigenvalue weighted by Crippen LogP contribution is 2.29. The molecule has 0 aliphatic rings. The van der Waals surface area contributed by atoms with E-state index in [2.05, 4.69) is 15.5 Å². The Labute approximate surface area is 152 Å². The summed E-state index contributed by atoms with van der Waals surface area (Å²) in [6.45, 7) is 0. The lowest BCUT2D eigenvalue weighted by atomic mass is 10.1. The van der Waals surface area contributed by atoms with E-state index < -0.39 is 15.5 Å². The molecule has 0 spiro atoms. The monoisotopic (exact) mass is 367 g/mol. The molecule has 0 aliphatic heterocycles. The molecule has 0 fully saturated rings. The van der Waals surface area contributed by atoms with Crippen LogP contribution in [0, 0.1) is 20.2 Å². The molecule has 3 aromatic rings. The quantitative estimate of drug-likeness (QED) is 0.400. The standard InChI is InChI=1S/C17H13N5O5/c1-27-17-12(8-11-4-2-3-5-14(11)19-17)10-18-20-15-7-6-13(21(23)24)9-16(15)22(25)26/h2-10,20H,1H3/b18-10+. The third-order valence-electron chi connectivity index (χ3n) is 3.69. The minimum absolute atomic E-state index is 0.0227. The molecule has 0 saturated carbocycles. The van der Waals surface area contributed by atoms with Crippen molar-refractivity contribution in [3.05, 3.63) is 74.3 Å². The van der Waals surface area contributed by atoms with Gasteiger partial charge in [-0.05, 0) is 18.2 Å². The summed E-state index contributed by atoms with van der Waals surface area (Å²) in [5.41, 5.74) is 3.04. The first-order valence-corrected chi connectivity index (χ1v) is 7.65. The van der Waals surface area contributed by atoms with Crippen molar-refractivity contribution in [1.82, 2.24) is 4.98 Å². The number of nitro benzene ring substituents is 2. The number of nitro groups is 2. The molecule has 0 atom stereocenters. The average Bonchev–Trinajstić information content (AvgIpc) is 2.67. The number of methoxy groups -OCH3 is 1. The van der Waals surface area contributed by atoms with Crippen molar-refractivity contribution in [1.29, 1.82) is 0 Å². The Morgan fingerprint density at radius 2 is 1.89 bits per heavy atom. The zero-order chi connectivity index (χ0) is 19.4. The van der Waals surface area contributed by atoms with E-state index in [-0.39, 0.29) is 11.4 Å². The second kappa shape index (κ2) is 7.44. The molecule has 0 aliphatic carbocycles. The van der Waals surface area contributed by atoms with Crippen LogP contribution in [0.3, 0.4) is 0 Å². The maximum absolute atomic E-state index is 11.1. The van der Waals surface area contributed by atoms with E-state index in [4.69, 9.17) is 4.74 Å². The van der Waals surface area contributed by atoms with Gasteiger partial charge in [-0.15, -0.1) is 0 Å². The van der Waals surface area contributed by atoms with Crippen LogP contribution in [-0.4, -0.2) is 28.2 Å². The fourth-order valence-electron chi connectivity index (χ4n) is 2.42. The summed E-state index contributed by atoms with van der Waals surface area (Å²) in [6.07, 6.45) is 1.41. The van der Waals surface area contributed by atoms with Crippen molar-refractivity contribution in [2.24, 2.45) is 5.10 Å². The first-order valence-electron chi connectivity index (χ1n) is 7.65. The number of fused-ring (bicyclic) bond motifs is 1. The average molecular weight is 367 g/mol. The van der Waals surface area contributed by atoms with Crippen molar-refractivity contribution in [2.45, 2.75) is 0 Å². The minimum Gasteiger partial charge on any atom is -0.481 e. The molecule has 136 valence electrons. The Balaban J connectivity index is 1.90. The number of pyridine rings is 1. The number of hydrogen-bond donors (Lipinski definition) is 1. The molecule has 0 unspecified atom stereocenters. The van der Waals surface area contributed by atoms with Gasteiger partial charge < -0.3 is 4.74 Å². The Morgan fingerprint density at radius 3 is 2.59 bits per heavy atom. The zero-order valence-electron chi connectivity index (χ0n) is 14.0. The number of para-hydroxylation sites is 1. The highest BCUT2D eigenvalue weighted by atomic mass is 16.6. The molecule has 2 aromatic carbocycles. The van der Waals surface area contributed by atoms with Crippen molar-refractivity contribution in [3.8, 4) is 5.88 Å². The van der Waals surface area contributed by atoms with Crippen LogP contribution in [-0.2, 0) is 0 Å². The van der Waals surface area contributed by atoms with Gasteiger partial charge in [0.1, 0.15) is 5.69 Å². The van der Waals surface area contributed by atoms with Gasteiger partial charge in [-0.3, -0.25) is 25.7 Å². The third kappa shape index (κ3) is 3.79.